The third-order valence-electron chi connectivity index (χ3n) is 3.85. The number of esters is 1. The molecule has 0 aliphatic carbocycles. The van der Waals surface area contributed by atoms with Crippen LogP contribution in [0.15, 0.2) is 57.9 Å². The summed E-state index contributed by atoms with van der Waals surface area (Å²) in [5.41, 5.74) is 1.03. The first kappa shape index (κ1) is 22.6. The SMILES string of the molecule is C#CCNS(=O)(=O)c1ccc(C(=O)OCC(=O)NC(C)c2ccc(Br)cc2)cc1. The highest BCUT2D eigenvalue weighted by Crippen LogP contribution is 2.16. The maximum atomic E-state index is 12.1. The van der Waals surface area contributed by atoms with E-state index < -0.39 is 28.5 Å². The van der Waals surface area contributed by atoms with Crippen molar-refractivity contribution in [3.8, 4) is 12.3 Å². The smallest absolute Gasteiger partial charge is 0.338 e. The van der Waals surface area contributed by atoms with E-state index in [-0.39, 0.29) is 23.0 Å². The first-order valence-corrected chi connectivity index (χ1v) is 10.8. The number of terminal acetylenes is 1. The van der Waals surface area contributed by atoms with Gasteiger partial charge < -0.3 is 10.1 Å². The van der Waals surface area contributed by atoms with Gasteiger partial charge in [-0.15, -0.1) is 6.42 Å². The minimum atomic E-state index is -3.74. The minimum Gasteiger partial charge on any atom is -0.452 e. The first-order valence-electron chi connectivity index (χ1n) is 8.48. The maximum absolute atomic E-state index is 12.1. The van der Waals surface area contributed by atoms with Crippen molar-refractivity contribution in [2.24, 2.45) is 0 Å². The van der Waals surface area contributed by atoms with Gasteiger partial charge in [0.05, 0.1) is 23.0 Å². The zero-order valence-corrected chi connectivity index (χ0v) is 17.9. The Labute approximate surface area is 178 Å². The molecule has 0 saturated heterocycles. The Balaban J connectivity index is 1.89. The zero-order valence-electron chi connectivity index (χ0n) is 15.5. The standard InChI is InChI=1S/C20H19BrN2O5S/c1-3-12-22-29(26,27)18-10-6-16(7-11-18)20(25)28-13-19(24)23-14(2)15-4-8-17(21)9-5-15/h1,4-11,14,22H,12-13H2,2H3,(H,23,24). The Hall–Kier alpha value is -2.67. The van der Waals surface area contributed by atoms with Crippen LogP contribution in [-0.2, 0) is 19.6 Å². The third-order valence-corrected chi connectivity index (χ3v) is 5.79. The van der Waals surface area contributed by atoms with Crippen molar-refractivity contribution in [2.75, 3.05) is 13.2 Å². The lowest BCUT2D eigenvalue weighted by Crippen LogP contribution is -2.31. The molecule has 0 heterocycles. The number of carbonyl (C=O) groups excluding carboxylic acids is 2. The summed E-state index contributed by atoms with van der Waals surface area (Å²) in [6.45, 7) is 1.22. The fourth-order valence-corrected chi connectivity index (χ4v) is 3.52. The van der Waals surface area contributed by atoms with Crippen LogP contribution in [0, 0.1) is 12.3 Å². The van der Waals surface area contributed by atoms with E-state index in [1.165, 1.54) is 24.3 Å². The van der Waals surface area contributed by atoms with Crippen molar-refractivity contribution in [2.45, 2.75) is 17.9 Å². The molecule has 152 valence electrons. The number of ether oxygens (including phenoxy) is 1. The van der Waals surface area contributed by atoms with Crippen LogP contribution in [0.3, 0.4) is 0 Å². The van der Waals surface area contributed by atoms with Gasteiger partial charge in [-0.25, -0.2) is 13.2 Å². The molecule has 0 saturated carbocycles. The number of hydrogen-bond acceptors (Lipinski definition) is 5. The molecule has 2 rings (SSSR count). The van der Waals surface area contributed by atoms with Crippen LogP contribution in [-0.4, -0.2) is 33.4 Å². The van der Waals surface area contributed by atoms with Crippen molar-refractivity contribution < 1.29 is 22.7 Å². The Bertz CT molecular complexity index is 1010. The molecule has 29 heavy (non-hydrogen) atoms. The molecule has 0 radical (unpaired) electrons. The van der Waals surface area contributed by atoms with E-state index in [2.05, 4.69) is 31.9 Å². The molecule has 2 aromatic rings. The van der Waals surface area contributed by atoms with E-state index in [0.717, 1.165) is 10.0 Å². The van der Waals surface area contributed by atoms with Gasteiger partial charge in [-0.1, -0.05) is 34.0 Å². The zero-order chi connectivity index (χ0) is 21.4. The van der Waals surface area contributed by atoms with E-state index in [4.69, 9.17) is 11.2 Å². The van der Waals surface area contributed by atoms with Crippen LogP contribution >= 0.6 is 15.9 Å². The van der Waals surface area contributed by atoms with Crippen LogP contribution < -0.4 is 10.0 Å². The summed E-state index contributed by atoms with van der Waals surface area (Å²) in [7, 11) is -3.74. The summed E-state index contributed by atoms with van der Waals surface area (Å²) in [6.07, 6.45) is 5.03. The monoisotopic (exact) mass is 478 g/mol. The number of rotatable bonds is 8. The van der Waals surface area contributed by atoms with Crippen molar-refractivity contribution >= 4 is 37.8 Å². The lowest BCUT2D eigenvalue weighted by Gasteiger charge is -2.14. The van der Waals surface area contributed by atoms with Gasteiger partial charge in [0.25, 0.3) is 5.91 Å². The second-order valence-electron chi connectivity index (χ2n) is 5.97. The predicted octanol–water partition coefficient (Wildman–Crippen LogP) is 2.39. The van der Waals surface area contributed by atoms with Crippen molar-refractivity contribution in [1.82, 2.24) is 10.0 Å². The van der Waals surface area contributed by atoms with Gasteiger partial charge in [-0.3, -0.25) is 4.79 Å². The molecular weight excluding hydrogens is 460 g/mol. The van der Waals surface area contributed by atoms with Gasteiger partial charge in [-0.05, 0) is 48.9 Å². The van der Waals surface area contributed by atoms with Crippen molar-refractivity contribution in [3.63, 3.8) is 0 Å². The molecule has 0 aliphatic rings. The normalized spacial score (nSPS) is 11.9. The van der Waals surface area contributed by atoms with Gasteiger partial charge in [0, 0.05) is 4.47 Å². The fraction of sp³-hybridized carbons (Fsp3) is 0.200. The third kappa shape index (κ3) is 6.71. The Morgan fingerprint density at radius 1 is 1.14 bits per heavy atom. The lowest BCUT2D eigenvalue weighted by atomic mass is 10.1. The van der Waals surface area contributed by atoms with E-state index in [0.29, 0.717) is 0 Å². The molecule has 1 unspecified atom stereocenters. The van der Waals surface area contributed by atoms with E-state index >= 15 is 0 Å². The Morgan fingerprint density at radius 2 is 1.76 bits per heavy atom. The molecule has 9 heteroatoms. The number of nitrogens with one attached hydrogen (secondary N) is 2. The topological polar surface area (TPSA) is 102 Å². The summed E-state index contributed by atoms with van der Waals surface area (Å²) in [5.74, 6) is 0.981. The highest BCUT2D eigenvalue weighted by atomic mass is 79.9. The number of halogens is 1. The second kappa shape index (κ2) is 10.2. The number of carbonyl (C=O) groups is 2. The average Bonchev–Trinajstić information content (AvgIpc) is 2.71. The van der Waals surface area contributed by atoms with Gasteiger partial charge in [0.15, 0.2) is 6.61 Å². The van der Waals surface area contributed by atoms with Crippen LogP contribution in [0.1, 0.15) is 28.9 Å². The summed E-state index contributed by atoms with van der Waals surface area (Å²) < 4.78 is 32.0. The molecular formula is C20H19BrN2O5S. The highest BCUT2D eigenvalue weighted by molar-refractivity contribution is 9.10. The lowest BCUT2D eigenvalue weighted by molar-refractivity contribution is -0.124. The molecule has 0 aromatic heterocycles. The predicted molar refractivity (Wildman–Crippen MR) is 111 cm³/mol. The fourth-order valence-electron chi connectivity index (χ4n) is 2.32. The molecule has 7 nitrogen and oxygen atoms in total. The largest absolute Gasteiger partial charge is 0.452 e. The van der Waals surface area contributed by atoms with Crippen molar-refractivity contribution in [1.29, 1.82) is 0 Å². The highest BCUT2D eigenvalue weighted by Gasteiger charge is 2.16. The van der Waals surface area contributed by atoms with Crippen LogP contribution in [0.5, 0.6) is 0 Å². The minimum absolute atomic E-state index is 0.0367. The van der Waals surface area contributed by atoms with Crippen LogP contribution in [0.4, 0.5) is 0 Å². The summed E-state index contributed by atoms with van der Waals surface area (Å²) in [6, 6.07) is 12.3. The number of hydrogen-bond donors (Lipinski definition) is 2. The van der Waals surface area contributed by atoms with Gasteiger partial charge in [0.2, 0.25) is 10.0 Å². The van der Waals surface area contributed by atoms with E-state index in [1.807, 2.05) is 31.2 Å². The molecule has 2 N–H and O–H groups in total. The molecule has 1 amide bonds. The maximum Gasteiger partial charge on any atom is 0.338 e. The Morgan fingerprint density at radius 3 is 2.34 bits per heavy atom. The average molecular weight is 479 g/mol. The first-order chi connectivity index (χ1) is 13.7. The number of amides is 1. The molecule has 2 aromatic carbocycles. The van der Waals surface area contributed by atoms with Gasteiger partial charge in [0.1, 0.15) is 0 Å². The van der Waals surface area contributed by atoms with Gasteiger partial charge in [-0.2, -0.15) is 4.72 Å². The Kier molecular flexibility index (Phi) is 7.96. The molecule has 0 aliphatic heterocycles. The number of sulfonamides is 1. The summed E-state index contributed by atoms with van der Waals surface area (Å²) in [4.78, 5) is 24.1. The number of benzene rings is 2. The summed E-state index contributed by atoms with van der Waals surface area (Å²) in [5, 5.41) is 2.74. The van der Waals surface area contributed by atoms with E-state index in [1.54, 1.807) is 0 Å². The molecule has 0 fully saturated rings. The van der Waals surface area contributed by atoms with Crippen molar-refractivity contribution in [3.05, 3.63) is 64.1 Å². The van der Waals surface area contributed by atoms with Gasteiger partial charge >= 0.3 is 5.97 Å². The second-order valence-corrected chi connectivity index (χ2v) is 8.65. The molecule has 1 atom stereocenters. The summed E-state index contributed by atoms with van der Waals surface area (Å²) >= 11 is 3.35. The van der Waals surface area contributed by atoms with E-state index in [9.17, 15) is 18.0 Å². The van der Waals surface area contributed by atoms with Crippen LogP contribution in [0.25, 0.3) is 0 Å². The quantitative estimate of drug-likeness (QED) is 0.447. The molecule has 0 bridgehead atoms. The molecule has 0 spiro atoms. The van der Waals surface area contributed by atoms with Crippen LogP contribution in [0.2, 0.25) is 0 Å².